The average molecular weight is 485 g/mol. The lowest BCUT2D eigenvalue weighted by atomic mass is 10.0. The van der Waals surface area contributed by atoms with E-state index in [0.29, 0.717) is 35.4 Å². The number of aryl methyl sites for hydroxylation is 1. The number of carbonyl (C=O) groups is 1. The Morgan fingerprint density at radius 2 is 2.18 bits per heavy atom. The van der Waals surface area contributed by atoms with E-state index in [4.69, 9.17) is 9.47 Å². The van der Waals surface area contributed by atoms with Crippen molar-refractivity contribution < 1.29 is 18.7 Å². The van der Waals surface area contributed by atoms with Crippen molar-refractivity contribution in [1.29, 1.82) is 0 Å². The van der Waals surface area contributed by atoms with E-state index in [0.717, 1.165) is 29.0 Å². The quantitative estimate of drug-likeness (QED) is 0.310. The summed E-state index contributed by atoms with van der Waals surface area (Å²) in [6.45, 7) is 12.3. The molecule has 1 saturated heterocycles. The van der Waals surface area contributed by atoms with Crippen molar-refractivity contribution >= 4 is 23.6 Å². The van der Waals surface area contributed by atoms with Crippen LogP contribution in [0.15, 0.2) is 47.4 Å². The smallest absolute Gasteiger partial charge is 0.343 e. The summed E-state index contributed by atoms with van der Waals surface area (Å²) in [6, 6.07) is 8.52. The lowest BCUT2D eigenvalue weighted by molar-refractivity contribution is 0.0596. The van der Waals surface area contributed by atoms with Gasteiger partial charge in [0, 0.05) is 17.4 Å². The molecule has 0 amide bonds. The highest BCUT2D eigenvalue weighted by molar-refractivity contribution is 8.00. The third-order valence-electron chi connectivity index (χ3n) is 6.65. The second-order valence-corrected chi connectivity index (χ2v) is 10.00. The molecule has 1 aliphatic carbocycles. The number of piperidine rings is 1. The summed E-state index contributed by atoms with van der Waals surface area (Å²) in [6.07, 6.45) is 3.67. The van der Waals surface area contributed by atoms with Crippen molar-refractivity contribution in [2.75, 3.05) is 38.1 Å². The lowest BCUT2D eigenvalue weighted by Gasteiger charge is -2.26. The maximum Gasteiger partial charge on any atom is 0.343 e. The van der Waals surface area contributed by atoms with Crippen molar-refractivity contribution in [3.8, 4) is 5.75 Å². The van der Waals surface area contributed by atoms with Gasteiger partial charge in [0.25, 0.3) is 0 Å². The third-order valence-corrected chi connectivity index (χ3v) is 7.65. The van der Waals surface area contributed by atoms with Crippen LogP contribution in [-0.4, -0.2) is 44.2 Å². The van der Waals surface area contributed by atoms with Crippen molar-refractivity contribution in [3.05, 3.63) is 65.0 Å². The topological polar surface area (TPSA) is 50.8 Å². The second-order valence-electron chi connectivity index (χ2n) is 9.15. The maximum absolute atomic E-state index is 13.2. The summed E-state index contributed by atoms with van der Waals surface area (Å²) in [5.74, 6) is 1.02. The molecule has 0 radical (unpaired) electrons. The van der Waals surface area contributed by atoms with Crippen LogP contribution in [0.2, 0.25) is 0 Å². The van der Waals surface area contributed by atoms with E-state index >= 15 is 0 Å². The maximum atomic E-state index is 13.2. The van der Waals surface area contributed by atoms with Crippen molar-refractivity contribution in [2.45, 2.75) is 43.9 Å². The summed E-state index contributed by atoms with van der Waals surface area (Å²) >= 11 is 1.33. The van der Waals surface area contributed by atoms with E-state index in [9.17, 15) is 9.18 Å². The molecule has 1 saturated carbocycles. The van der Waals surface area contributed by atoms with Crippen LogP contribution in [0.5, 0.6) is 5.75 Å². The number of fused-ring (bicyclic) bond motifs is 3. The van der Waals surface area contributed by atoms with Gasteiger partial charge in [-0.3, -0.25) is 4.90 Å². The number of esters is 1. The van der Waals surface area contributed by atoms with Crippen LogP contribution < -0.4 is 9.46 Å². The number of hydrogen-bond donors (Lipinski definition) is 1. The summed E-state index contributed by atoms with van der Waals surface area (Å²) in [5, 5.41) is 0. The molecule has 1 unspecified atom stereocenters. The molecule has 7 heteroatoms. The van der Waals surface area contributed by atoms with E-state index in [1.54, 1.807) is 6.07 Å². The van der Waals surface area contributed by atoms with Gasteiger partial charge in [-0.1, -0.05) is 25.1 Å². The number of hydrogen-bond acceptors (Lipinski definition) is 6. The van der Waals surface area contributed by atoms with Crippen molar-refractivity contribution in [1.82, 2.24) is 4.90 Å². The van der Waals surface area contributed by atoms with E-state index in [2.05, 4.69) is 23.1 Å². The first-order valence-corrected chi connectivity index (χ1v) is 12.7. The number of halogens is 1. The van der Waals surface area contributed by atoms with Gasteiger partial charge < -0.3 is 14.2 Å². The number of likely N-dealkylation sites (N-methyl/N-ethyl adjacent to an activating group) is 1. The number of carbonyl (C=O) groups excluding carboxylic acids is 1. The highest BCUT2D eigenvalue weighted by Gasteiger charge is 2.45. The zero-order valence-electron chi connectivity index (χ0n) is 20.2. The molecule has 1 N–H and O–H groups in total. The van der Waals surface area contributed by atoms with E-state index in [1.807, 2.05) is 19.1 Å². The Bertz CT molecular complexity index is 1070. The zero-order chi connectivity index (χ0) is 24.2. The van der Waals surface area contributed by atoms with Crippen LogP contribution in [-0.2, 0) is 4.74 Å². The van der Waals surface area contributed by atoms with E-state index in [1.165, 1.54) is 62.7 Å². The van der Waals surface area contributed by atoms with Gasteiger partial charge in [0.15, 0.2) is 0 Å². The van der Waals surface area contributed by atoms with Gasteiger partial charge in [-0.2, -0.15) is 0 Å². The Hall–Kier alpha value is -2.51. The Morgan fingerprint density at radius 3 is 2.85 bits per heavy atom. The fourth-order valence-electron chi connectivity index (χ4n) is 4.57. The van der Waals surface area contributed by atoms with Gasteiger partial charge in [-0.25, -0.2) is 9.18 Å². The Kier molecular flexibility index (Phi) is 7.84. The molecule has 2 atom stereocenters. The first-order valence-electron chi connectivity index (χ1n) is 11.9. The Labute approximate surface area is 205 Å². The number of rotatable bonds is 5. The van der Waals surface area contributed by atoms with Crippen molar-refractivity contribution in [2.24, 2.45) is 5.92 Å². The molecule has 2 heterocycles. The highest BCUT2D eigenvalue weighted by Crippen LogP contribution is 2.55. The molecule has 2 aromatic rings. The first-order chi connectivity index (χ1) is 16.4. The molecule has 3 aliphatic rings. The van der Waals surface area contributed by atoms with Crippen LogP contribution in [0.1, 0.15) is 53.6 Å². The molecule has 5 nitrogen and oxygen atoms in total. The fraction of sp³-hybridized carbons (Fsp3) is 0.444. The van der Waals surface area contributed by atoms with Crippen molar-refractivity contribution in [3.63, 3.8) is 0 Å². The molecule has 2 aromatic carbocycles. The third kappa shape index (κ3) is 5.58. The number of anilines is 1. The van der Waals surface area contributed by atoms with E-state index < -0.39 is 5.97 Å². The van der Waals surface area contributed by atoms with Gasteiger partial charge in [0.2, 0.25) is 0 Å². The molecule has 5 rings (SSSR count). The van der Waals surface area contributed by atoms with Gasteiger partial charge in [-0.15, -0.1) is 0 Å². The highest BCUT2D eigenvalue weighted by atomic mass is 32.2. The molecular weight excluding hydrogens is 451 g/mol. The first kappa shape index (κ1) is 24.6. The van der Waals surface area contributed by atoms with Crippen LogP contribution in [0, 0.1) is 18.7 Å². The second kappa shape index (κ2) is 10.8. The molecule has 0 aromatic heterocycles. The molecule has 2 fully saturated rings. The summed E-state index contributed by atoms with van der Waals surface area (Å²) < 4.78 is 27.3. The molecular formula is C27H33FN2O3S. The monoisotopic (exact) mass is 484 g/mol. The minimum absolute atomic E-state index is 0.265. The number of benzene rings is 2. The minimum Gasteiger partial charge on any atom is -0.492 e. The predicted octanol–water partition coefficient (Wildman–Crippen LogP) is 6.19. The summed E-state index contributed by atoms with van der Waals surface area (Å²) in [5.41, 5.74) is 4.39. The largest absolute Gasteiger partial charge is 0.492 e. The summed E-state index contributed by atoms with van der Waals surface area (Å²) in [4.78, 5) is 15.7. The average Bonchev–Trinajstić information content (AvgIpc) is 3.63. The standard InChI is InChI=1S/C19H18FNO3S.C8H15N/c1-10-7-12(20)3-6-16(10)25-21-15-5-4-13-14-8-11(14)9-24-18(13)17(15)19(22)23-2;1-3-9-6-4-5-8(2)7-9/h3-7,11,14,21H,8-9H2,1-2H3;2-7H2,1H3/t11-,14?;/m0./s1. The molecule has 0 bridgehead atoms. The zero-order valence-corrected chi connectivity index (χ0v) is 21.0. The molecule has 2 aliphatic heterocycles. The SMILES string of the molecule is C=C1CCCN(CC)C1.COC(=O)c1c(NSc2ccc(F)cc2C)ccc2c1OC[C@@H]1CC21. The Morgan fingerprint density at radius 1 is 1.35 bits per heavy atom. The predicted molar refractivity (Wildman–Crippen MR) is 135 cm³/mol. The van der Waals surface area contributed by atoms with E-state index in [-0.39, 0.29) is 5.82 Å². The van der Waals surface area contributed by atoms with Crippen LogP contribution in [0.3, 0.4) is 0 Å². The number of ether oxygens (including phenoxy) is 2. The van der Waals surface area contributed by atoms with Gasteiger partial charge in [-0.05, 0) is 92.5 Å². The molecule has 182 valence electrons. The number of methoxy groups -OCH3 is 1. The van der Waals surface area contributed by atoms with Crippen LogP contribution >= 0.6 is 11.9 Å². The van der Waals surface area contributed by atoms with Gasteiger partial charge in [0.1, 0.15) is 17.1 Å². The van der Waals surface area contributed by atoms with Crippen LogP contribution in [0.25, 0.3) is 0 Å². The normalized spacial score (nSPS) is 20.8. The fourth-order valence-corrected chi connectivity index (χ4v) is 5.32. The minimum atomic E-state index is -0.421. The number of nitrogens with zero attached hydrogens (tertiary/aromatic N) is 1. The molecule has 0 spiro atoms. The van der Waals surface area contributed by atoms with Gasteiger partial charge >= 0.3 is 5.97 Å². The number of nitrogens with one attached hydrogen (secondary N) is 1. The number of likely N-dealkylation sites (tertiary alicyclic amines) is 1. The summed E-state index contributed by atoms with van der Waals surface area (Å²) in [7, 11) is 1.37. The lowest BCUT2D eigenvalue weighted by Crippen LogP contribution is -2.30. The van der Waals surface area contributed by atoms with Gasteiger partial charge in [0.05, 0.1) is 19.4 Å². The Balaban J connectivity index is 0.000000257. The molecule has 34 heavy (non-hydrogen) atoms. The van der Waals surface area contributed by atoms with Crippen LogP contribution in [0.4, 0.5) is 10.1 Å².